The van der Waals surface area contributed by atoms with Crippen LogP contribution < -0.4 is 10.1 Å². The third kappa shape index (κ3) is 4.42. The van der Waals surface area contributed by atoms with Gasteiger partial charge in [0.25, 0.3) is 0 Å². The molecule has 0 amide bonds. The summed E-state index contributed by atoms with van der Waals surface area (Å²) in [5.41, 5.74) is -0.409. The van der Waals surface area contributed by atoms with Gasteiger partial charge in [-0.2, -0.15) is 5.26 Å². The van der Waals surface area contributed by atoms with Crippen molar-refractivity contribution in [2.75, 3.05) is 13.2 Å². The molecule has 10 heteroatoms. The van der Waals surface area contributed by atoms with Crippen LogP contribution in [0.4, 0.5) is 8.78 Å². The normalized spacial score (nSPS) is 19.4. The van der Waals surface area contributed by atoms with Gasteiger partial charge in [0.1, 0.15) is 17.7 Å². The molecule has 3 rings (SSSR count). The Labute approximate surface area is 178 Å². The van der Waals surface area contributed by atoms with Crippen molar-refractivity contribution in [3.05, 3.63) is 58.6 Å². The van der Waals surface area contributed by atoms with Crippen LogP contribution in [0.15, 0.2) is 41.3 Å². The fourth-order valence-corrected chi connectivity index (χ4v) is 5.57. The van der Waals surface area contributed by atoms with Gasteiger partial charge in [0.15, 0.2) is 21.4 Å². The van der Waals surface area contributed by atoms with Gasteiger partial charge in [0, 0.05) is 17.7 Å². The van der Waals surface area contributed by atoms with Gasteiger partial charge in [0.05, 0.1) is 29.0 Å². The van der Waals surface area contributed by atoms with E-state index in [0.717, 1.165) is 12.1 Å². The molecule has 0 radical (unpaired) electrons. The van der Waals surface area contributed by atoms with Crippen molar-refractivity contribution in [3.8, 4) is 11.8 Å². The lowest BCUT2D eigenvalue weighted by Gasteiger charge is -2.36. The summed E-state index contributed by atoms with van der Waals surface area (Å²) in [6.07, 6.45) is 0.166. The molecule has 6 nitrogen and oxygen atoms in total. The molecule has 0 fully saturated rings. The highest BCUT2D eigenvalue weighted by Crippen LogP contribution is 2.43. The third-order valence-electron chi connectivity index (χ3n) is 4.89. The maximum Gasteiger partial charge on any atom is 0.187 e. The Hall–Kier alpha value is -2.25. The van der Waals surface area contributed by atoms with Crippen molar-refractivity contribution in [3.63, 3.8) is 0 Å². The lowest BCUT2D eigenvalue weighted by molar-refractivity contribution is 0.196. The molecule has 1 aliphatic rings. The molecule has 0 spiro atoms. The summed E-state index contributed by atoms with van der Waals surface area (Å²) in [6.45, 7) is -0.501. The SMILES string of the molecule is N#CCC(CCO)NC1COc2c(F)ccc(F)c2[C@H]1S(=O)(=O)c1ccc(Cl)cc1. The van der Waals surface area contributed by atoms with E-state index in [0.29, 0.717) is 5.02 Å². The summed E-state index contributed by atoms with van der Waals surface area (Å²) in [4.78, 5) is -0.112. The monoisotopic (exact) mass is 456 g/mol. The van der Waals surface area contributed by atoms with E-state index in [-0.39, 0.29) is 31.0 Å². The van der Waals surface area contributed by atoms with E-state index in [9.17, 15) is 22.3 Å². The Morgan fingerprint density at radius 3 is 2.53 bits per heavy atom. The van der Waals surface area contributed by atoms with Crippen LogP contribution in [0.1, 0.15) is 23.7 Å². The lowest BCUT2D eigenvalue weighted by atomic mass is 9.99. The minimum atomic E-state index is -4.21. The second-order valence-corrected chi connectivity index (χ2v) is 9.35. The Bertz CT molecular complexity index is 1060. The van der Waals surface area contributed by atoms with Crippen LogP contribution in [0.3, 0.4) is 0 Å². The largest absolute Gasteiger partial charge is 0.488 e. The quantitative estimate of drug-likeness (QED) is 0.664. The molecule has 2 unspecified atom stereocenters. The lowest BCUT2D eigenvalue weighted by Crippen LogP contribution is -2.50. The summed E-state index contributed by atoms with van der Waals surface area (Å²) < 4.78 is 61.4. The number of fused-ring (bicyclic) bond motifs is 1. The Balaban J connectivity index is 2.12. The zero-order valence-corrected chi connectivity index (χ0v) is 17.3. The molecule has 160 valence electrons. The molecular formula is C20H19ClF2N2O4S. The van der Waals surface area contributed by atoms with Crippen molar-refractivity contribution in [2.24, 2.45) is 0 Å². The number of benzene rings is 2. The molecule has 1 aliphatic heterocycles. The molecule has 0 aromatic heterocycles. The number of nitrogens with zero attached hydrogens (tertiary/aromatic N) is 1. The van der Waals surface area contributed by atoms with Gasteiger partial charge in [-0.05, 0) is 42.8 Å². The van der Waals surface area contributed by atoms with Crippen LogP contribution >= 0.6 is 11.6 Å². The highest BCUT2D eigenvalue weighted by Gasteiger charge is 2.44. The van der Waals surface area contributed by atoms with Gasteiger partial charge >= 0.3 is 0 Å². The topological polar surface area (TPSA) is 99.4 Å². The number of rotatable bonds is 7. The Kier molecular flexibility index (Phi) is 6.93. The van der Waals surface area contributed by atoms with Crippen LogP contribution in [-0.4, -0.2) is 38.8 Å². The van der Waals surface area contributed by atoms with Gasteiger partial charge in [-0.15, -0.1) is 0 Å². The molecule has 0 aliphatic carbocycles. The third-order valence-corrected chi connectivity index (χ3v) is 7.31. The van der Waals surface area contributed by atoms with Gasteiger partial charge in [-0.3, -0.25) is 0 Å². The maximum absolute atomic E-state index is 14.8. The van der Waals surface area contributed by atoms with Crippen LogP contribution in [0, 0.1) is 23.0 Å². The molecule has 2 aromatic carbocycles. The average Bonchev–Trinajstić information content (AvgIpc) is 2.71. The van der Waals surface area contributed by atoms with E-state index >= 15 is 0 Å². The van der Waals surface area contributed by atoms with E-state index < -0.39 is 50.1 Å². The number of hydrogen-bond donors (Lipinski definition) is 2. The fourth-order valence-electron chi connectivity index (χ4n) is 3.51. The first-order chi connectivity index (χ1) is 14.3. The summed E-state index contributed by atoms with van der Waals surface area (Å²) >= 11 is 5.85. The first kappa shape index (κ1) is 22.4. The van der Waals surface area contributed by atoms with E-state index in [1.165, 1.54) is 24.3 Å². The highest BCUT2D eigenvalue weighted by atomic mass is 35.5. The van der Waals surface area contributed by atoms with Crippen molar-refractivity contribution >= 4 is 21.4 Å². The predicted molar refractivity (Wildman–Crippen MR) is 106 cm³/mol. The molecule has 30 heavy (non-hydrogen) atoms. The van der Waals surface area contributed by atoms with E-state index in [1.807, 2.05) is 6.07 Å². The number of aliphatic hydroxyl groups excluding tert-OH is 1. The van der Waals surface area contributed by atoms with Crippen LogP contribution in [0.25, 0.3) is 0 Å². The number of ether oxygens (including phenoxy) is 1. The van der Waals surface area contributed by atoms with E-state index in [1.54, 1.807) is 0 Å². The van der Waals surface area contributed by atoms with Crippen molar-refractivity contribution in [2.45, 2.75) is 35.1 Å². The Morgan fingerprint density at radius 2 is 1.90 bits per heavy atom. The number of nitriles is 1. The zero-order chi connectivity index (χ0) is 21.9. The second-order valence-electron chi connectivity index (χ2n) is 6.85. The van der Waals surface area contributed by atoms with Gasteiger partial charge in [-0.1, -0.05) is 11.6 Å². The molecule has 3 atom stereocenters. The number of halogens is 3. The molecule has 0 saturated heterocycles. The van der Waals surface area contributed by atoms with Crippen LogP contribution in [0.2, 0.25) is 5.02 Å². The first-order valence-corrected chi connectivity index (χ1v) is 11.1. The molecule has 2 aromatic rings. The predicted octanol–water partition coefficient (Wildman–Crippen LogP) is 3.15. The molecule has 2 N–H and O–H groups in total. The minimum Gasteiger partial charge on any atom is -0.488 e. The fraction of sp³-hybridized carbons (Fsp3) is 0.350. The van der Waals surface area contributed by atoms with Crippen molar-refractivity contribution in [1.29, 1.82) is 5.26 Å². The van der Waals surface area contributed by atoms with Crippen molar-refractivity contribution in [1.82, 2.24) is 5.32 Å². The average molecular weight is 457 g/mol. The van der Waals surface area contributed by atoms with E-state index in [2.05, 4.69) is 5.32 Å². The molecule has 0 saturated carbocycles. The molecule has 0 bridgehead atoms. The minimum absolute atomic E-state index is 0.0107. The number of nitrogens with one attached hydrogen (secondary N) is 1. The van der Waals surface area contributed by atoms with Gasteiger partial charge < -0.3 is 15.2 Å². The van der Waals surface area contributed by atoms with E-state index in [4.69, 9.17) is 21.6 Å². The summed E-state index contributed by atoms with van der Waals surface area (Å²) in [5.74, 6) is -2.24. The number of sulfone groups is 1. The van der Waals surface area contributed by atoms with Gasteiger partial charge in [-0.25, -0.2) is 17.2 Å². The van der Waals surface area contributed by atoms with Gasteiger partial charge in [0.2, 0.25) is 0 Å². The van der Waals surface area contributed by atoms with Crippen LogP contribution in [-0.2, 0) is 9.84 Å². The molecular weight excluding hydrogens is 438 g/mol. The Morgan fingerprint density at radius 1 is 1.23 bits per heavy atom. The smallest absolute Gasteiger partial charge is 0.187 e. The first-order valence-electron chi connectivity index (χ1n) is 9.13. The van der Waals surface area contributed by atoms with Crippen LogP contribution in [0.5, 0.6) is 5.75 Å². The van der Waals surface area contributed by atoms with Crippen molar-refractivity contribution < 1.29 is 27.0 Å². The standard InChI is InChI=1S/C20H19ClF2N2O4S/c21-12-1-3-14(4-2-12)30(27,28)20-17(25-13(7-9-24)8-10-26)11-29-19-16(23)6-5-15(22)18(19)20/h1-6,13,17,20,25-26H,7-8,10-11H2/t13?,17?,20-/m0/s1. The highest BCUT2D eigenvalue weighted by molar-refractivity contribution is 7.91. The maximum atomic E-state index is 14.8. The summed E-state index contributed by atoms with van der Waals surface area (Å²) in [6, 6.07) is 7.51. The second kappa shape index (κ2) is 9.27. The number of hydrogen-bond acceptors (Lipinski definition) is 6. The number of aliphatic hydroxyl groups is 1. The zero-order valence-electron chi connectivity index (χ0n) is 15.7. The molecule has 1 heterocycles. The summed E-state index contributed by atoms with van der Waals surface area (Å²) in [7, 11) is -4.21. The summed E-state index contributed by atoms with van der Waals surface area (Å²) in [5, 5.41) is 20.0.